The van der Waals surface area contributed by atoms with Crippen LogP contribution < -0.4 is 9.47 Å². The first-order valence-corrected chi connectivity index (χ1v) is 8.72. The maximum absolute atomic E-state index is 12.4. The summed E-state index contributed by atoms with van der Waals surface area (Å²) in [7, 11) is 3.10. The van der Waals surface area contributed by atoms with Gasteiger partial charge < -0.3 is 14.2 Å². The molecule has 0 radical (unpaired) electrons. The molecule has 2 rings (SSSR count). The van der Waals surface area contributed by atoms with Crippen LogP contribution >= 0.6 is 0 Å². The van der Waals surface area contributed by atoms with Crippen LogP contribution in [0.5, 0.6) is 11.5 Å². The van der Waals surface area contributed by atoms with Crippen LogP contribution in [0.1, 0.15) is 35.3 Å². The highest BCUT2D eigenvalue weighted by atomic mass is 16.5. The molecule has 142 valence electrons. The molecule has 2 aromatic carbocycles. The number of aryl methyl sites for hydroxylation is 1. The summed E-state index contributed by atoms with van der Waals surface area (Å²) < 4.78 is 15.6. The molecule has 27 heavy (non-hydrogen) atoms. The maximum Gasteiger partial charge on any atom is 0.331 e. The average Bonchev–Trinajstić information content (AvgIpc) is 2.71. The zero-order chi connectivity index (χ0) is 19.8. The van der Waals surface area contributed by atoms with Gasteiger partial charge in [0.2, 0.25) is 5.78 Å². The summed E-state index contributed by atoms with van der Waals surface area (Å²) in [6.07, 6.45) is 2.92. The molecule has 1 atom stereocenters. The van der Waals surface area contributed by atoms with E-state index in [1.54, 1.807) is 57.6 Å². The Morgan fingerprint density at radius 2 is 1.67 bits per heavy atom. The highest BCUT2D eigenvalue weighted by molar-refractivity contribution is 6.01. The average molecular weight is 368 g/mol. The van der Waals surface area contributed by atoms with E-state index in [-0.39, 0.29) is 5.78 Å². The zero-order valence-electron chi connectivity index (χ0n) is 16.0. The topological polar surface area (TPSA) is 61.8 Å². The molecule has 0 fully saturated rings. The van der Waals surface area contributed by atoms with Crippen LogP contribution in [0.4, 0.5) is 0 Å². The van der Waals surface area contributed by atoms with Gasteiger partial charge in [-0.3, -0.25) is 4.79 Å². The van der Waals surface area contributed by atoms with Gasteiger partial charge in [0.05, 0.1) is 14.2 Å². The predicted molar refractivity (Wildman–Crippen MR) is 104 cm³/mol. The molecule has 0 aliphatic carbocycles. The summed E-state index contributed by atoms with van der Waals surface area (Å²) in [6, 6.07) is 12.6. The number of carbonyl (C=O) groups excluding carboxylic acids is 2. The monoisotopic (exact) mass is 368 g/mol. The number of methoxy groups -OCH3 is 2. The number of hydrogen-bond donors (Lipinski definition) is 0. The maximum atomic E-state index is 12.4. The summed E-state index contributed by atoms with van der Waals surface area (Å²) >= 11 is 0. The fraction of sp³-hybridized carbons (Fsp3) is 0.273. The fourth-order valence-corrected chi connectivity index (χ4v) is 2.53. The van der Waals surface area contributed by atoms with Gasteiger partial charge in [-0.15, -0.1) is 0 Å². The van der Waals surface area contributed by atoms with E-state index >= 15 is 0 Å². The van der Waals surface area contributed by atoms with Crippen LogP contribution in [-0.4, -0.2) is 32.1 Å². The second-order valence-corrected chi connectivity index (χ2v) is 5.94. The minimum Gasteiger partial charge on any atom is -0.493 e. The lowest BCUT2D eigenvalue weighted by atomic mass is 10.0. The summed E-state index contributed by atoms with van der Waals surface area (Å²) in [4.78, 5) is 24.4. The minimum atomic E-state index is -0.861. The Labute approximate surface area is 159 Å². The first-order chi connectivity index (χ1) is 13.0. The highest BCUT2D eigenvalue weighted by Crippen LogP contribution is 2.28. The van der Waals surface area contributed by atoms with Gasteiger partial charge in [0.1, 0.15) is 0 Å². The highest BCUT2D eigenvalue weighted by Gasteiger charge is 2.18. The van der Waals surface area contributed by atoms with E-state index in [1.807, 2.05) is 19.1 Å². The van der Waals surface area contributed by atoms with Gasteiger partial charge in [-0.2, -0.15) is 0 Å². The van der Waals surface area contributed by atoms with Crippen molar-refractivity contribution in [3.63, 3.8) is 0 Å². The Kier molecular flexibility index (Phi) is 7.17. The number of hydrogen-bond acceptors (Lipinski definition) is 5. The van der Waals surface area contributed by atoms with Gasteiger partial charge in [0, 0.05) is 11.6 Å². The van der Waals surface area contributed by atoms with Crippen LogP contribution in [-0.2, 0) is 16.0 Å². The van der Waals surface area contributed by atoms with Crippen LogP contribution in [0.15, 0.2) is 48.5 Å². The quantitative estimate of drug-likeness (QED) is 0.399. The van der Waals surface area contributed by atoms with Crippen LogP contribution in [0.25, 0.3) is 6.08 Å². The van der Waals surface area contributed by atoms with Gasteiger partial charge in [0.15, 0.2) is 17.6 Å². The lowest BCUT2D eigenvalue weighted by Crippen LogP contribution is -2.23. The molecular weight excluding hydrogens is 344 g/mol. The zero-order valence-corrected chi connectivity index (χ0v) is 16.0. The van der Waals surface area contributed by atoms with Crippen molar-refractivity contribution in [3.8, 4) is 11.5 Å². The van der Waals surface area contributed by atoms with E-state index in [4.69, 9.17) is 14.2 Å². The summed E-state index contributed by atoms with van der Waals surface area (Å²) in [5, 5.41) is 0. The van der Waals surface area contributed by atoms with Crippen LogP contribution in [0, 0.1) is 0 Å². The van der Waals surface area contributed by atoms with Crippen molar-refractivity contribution < 1.29 is 23.8 Å². The van der Waals surface area contributed by atoms with Gasteiger partial charge in [-0.25, -0.2) is 4.79 Å². The second kappa shape index (κ2) is 9.57. The molecule has 0 saturated heterocycles. The Balaban J connectivity index is 1.99. The Morgan fingerprint density at radius 1 is 1.00 bits per heavy atom. The van der Waals surface area contributed by atoms with Crippen molar-refractivity contribution >= 4 is 17.8 Å². The van der Waals surface area contributed by atoms with Gasteiger partial charge >= 0.3 is 5.97 Å². The van der Waals surface area contributed by atoms with Gasteiger partial charge in [0.25, 0.3) is 0 Å². The van der Waals surface area contributed by atoms with Crippen molar-refractivity contribution in [3.05, 3.63) is 65.2 Å². The Bertz CT molecular complexity index is 821. The Hall–Kier alpha value is -3.08. The predicted octanol–water partition coefficient (Wildman–Crippen LogP) is 4.09. The molecule has 0 saturated carbocycles. The van der Waals surface area contributed by atoms with E-state index in [0.717, 1.165) is 17.5 Å². The molecule has 0 bridgehead atoms. The van der Waals surface area contributed by atoms with Crippen molar-refractivity contribution in [2.45, 2.75) is 26.4 Å². The number of Topliss-reactive ketones (excluding diaryl/α,β-unsaturated/α-hetero) is 1. The summed E-state index contributed by atoms with van der Waals surface area (Å²) in [5.74, 6) is 0.346. The molecule has 0 spiro atoms. The third-order valence-electron chi connectivity index (χ3n) is 4.13. The minimum absolute atomic E-state index is 0.231. The lowest BCUT2D eigenvalue weighted by molar-refractivity contribution is -0.140. The first kappa shape index (κ1) is 20.2. The number of esters is 1. The summed E-state index contributed by atoms with van der Waals surface area (Å²) in [6.45, 7) is 3.62. The Morgan fingerprint density at radius 3 is 2.26 bits per heavy atom. The number of benzene rings is 2. The molecule has 0 aliphatic heterocycles. The molecule has 0 N–H and O–H groups in total. The van der Waals surface area contributed by atoms with E-state index in [9.17, 15) is 9.59 Å². The molecule has 0 amide bonds. The number of ether oxygens (including phenoxy) is 3. The van der Waals surface area contributed by atoms with E-state index in [1.165, 1.54) is 6.08 Å². The van der Waals surface area contributed by atoms with Crippen molar-refractivity contribution in [2.75, 3.05) is 14.2 Å². The number of ketones is 1. The SMILES string of the molecule is CCc1ccc(C(=O)[C@@H](C)OC(=O)/C=C/c2ccc(OC)c(OC)c2)cc1. The molecule has 5 nitrogen and oxygen atoms in total. The van der Waals surface area contributed by atoms with Gasteiger partial charge in [-0.05, 0) is 42.7 Å². The van der Waals surface area contributed by atoms with E-state index in [0.29, 0.717) is 17.1 Å². The van der Waals surface area contributed by atoms with E-state index < -0.39 is 12.1 Å². The van der Waals surface area contributed by atoms with Crippen molar-refractivity contribution in [2.24, 2.45) is 0 Å². The standard InChI is InChI=1S/C22H24O5/c1-5-16-6-10-18(11-7-16)22(24)15(2)27-21(23)13-9-17-8-12-19(25-3)20(14-17)26-4/h6-15H,5H2,1-4H3/b13-9+/t15-/m1/s1. The lowest BCUT2D eigenvalue weighted by Gasteiger charge is -2.11. The molecule has 0 aromatic heterocycles. The number of carbonyl (C=O) groups is 2. The smallest absolute Gasteiger partial charge is 0.331 e. The summed E-state index contributed by atoms with van der Waals surface area (Å²) in [5.41, 5.74) is 2.42. The first-order valence-electron chi connectivity index (χ1n) is 8.72. The second-order valence-electron chi connectivity index (χ2n) is 5.94. The molecule has 0 heterocycles. The van der Waals surface area contributed by atoms with Gasteiger partial charge in [-0.1, -0.05) is 37.3 Å². The van der Waals surface area contributed by atoms with Crippen LogP contribution in [0.2, 0.25) is 0 Å². The van der Waals surface area contributed by atoms with Crippen LogP contribution in [0.3, 0.4) is 0 Å². The third kappa shape index (κ3) is 5.45. The van der Waals surface area contributed by atoms with E-state index in [2.05, 4.69) is 0 Å². The van der Waals surface area contributed by atoms with Crippen molar-refractivity contribution in [1.82, 2.24) is 0 Å². The molecule has 0 aliphatic rings. The molecule has 0 unspecified atom stereocenters. The number of rotatable bonds is 8. The molecular formula is C22H24O5. The largest absolute Gasteiger partial charge is 0.493 e. The normalized spacial score (nSPS) is 11.9. The van der Waals surface area contributed by atoms with Crippen molar-refractivity contribution in [1.29, 1.82) is 0 Å². The third-order valence-corrected chi connectivity index (χ3v) is 4.13. The fourth-order valence-electron chi connectivity index (χ4n) is 2.53. The molecule has 5 heteroatoms. The molecule has 2 aromatic rings.